The molecule has 1 unspecified atom stereocenters. The van der Waals surface area contributed by atoms with Gasteiger partial charge < -0.3 is 20.1 Å². The predicted molar refractivity (Wildman–Crippen MR) is 130 cm³/mol. The molecule has 1 saturated heterocycles. The van der Waals surface area contributed by atoms with Gasteiger partial charge in [-0.15, -0.1) is 0 Å². The molecule has 13 heteroatoms. The number of rotatable bonds is 5. The van der Waals surface area contributed by atoms with Gasteiger partial charge in [0.1, 0.15) is 0 Å². The molecule has 0 radical (unpaired) electrons. The van der Waals surface area contributed by atoms with Crippen LogP contribution in [0.5, 0.6) is 0 Å². The van der Waals surface area contributed by atoms with Crippen LogP contribution in [0.4, 0.5) is 14.5 Å². The van der Waals surface area contributed by atoms with Crippen molar-refractivity contribution in [3.63, 3.8) is 0 Å². The van der Waals surface area contributed by atoms with Crippen molar-refractivity contribution in [1.82, 2.24) is 25.0 Å². The fraction of sp³-hybridized carbons (Fsp3) is 0.391. The van der Waals surface area contributed by atoms with Gasteiger partial charge in [-0.25, -0.2) is 0 Å². The van der Waals surface area contributed by atoms with E-state index in [-0.39, 0.29) is 46.4 Å². The Hall–Kier alpha value is -3.18. The van der Waals surface area contributed by atoms with Crippen molar-refractivity contribution in [2.45, 2.75) is 38.8 Å². The number of aromatic nitrogens is 3. The summed E-state index contributed by atoms with van der Waals surface area (Å²) >= 11 is 12.9. The number of halogens is 4. The minimum absolute atomic E-state index is 0.0169. The van der Waals surface area contributed by atoms with E-state index in [1.807, 2.05) is 4.57 Å². The second kappa shape index (κ2) is 9.70. The SMILES string of the molecule is O=C1CC(CC(=O)N2CCn3c(c(-c4cn[nH]c4)c4c(NC(=O)C(F)F)cc(Cl)c(Cl)c43)C2)CCN1. The standard InChI is InChI=1S/C23H22Cl2F2N6O3/c24-13-7-14(31-23(36)22(26)27)19-18(12-8-29-30-9-12)15-10-32(3-4-33(15)21(19)20(13)25)17(35)6-11-1-2-28-16(34)5-11/h7-9,11,22H,1-6,10H2,(H,28,34)(H,29,30)(H,31,36). The van der Waals surface area contributed by atoms with E-state index in [1.165, 1.54) is 6.07 Å². The first-order valence-corrected chi connectivity index (χ1v) is 12.2. The average molecular weight is 539 g/mol. The van der Waals surface area contributed by atoms with Crippen molar-refractivity contribution in [3.05, 3.63) is 34.2 Å². The lowest BCUT2D eigenvalue weighted by Crippen LogP contribution is -2.41. The van der Waals surface area contributed by atoms with E-state index in [0.717, 1.165) is 6.42 Å². The molecule has 36 heavy (non-hydrogen) atoms. The lowest BCUT2D eigenvalue weighted by Gasteiger charge is -2.31. The summed E-state index contributed by atoms with van der Waals surface area (Å²) in [5.74, 6) is -1.60. The van der Waals surface area contributed by atoms with Gasteiger partial charge in [0.2, 0.25) is 11.8 Å². The highest BCUT2D eigenvalue weighted by atomic mass is 35.5. The Balaban J connectivity index is 1.58. The number of carbonyl (C=O) groups excluding carboxylic acids is 3. The number of benzene rings is 1. The zero-order chi connectivity index (χ0) is 25.6. The van der Waals surface area contributed by atoms with E-state index < -0.39 is 12.3 Å². The Kier molecular flexibility index (Phi) is 6.60. The second-order valence-electron chi connectivity index (χ2n) is 8.92. The summed E-state index contributed by atoms with van der Waals surface area (Å²) in [4.78, 5) is 38.5. The van der Waals surface area contributed by atoms with Crippen LogP contribution in [0.3, 0.4) is 0 Å². The maximum atomic E-state index is 13.2. The first-order valence-electron chi connectivity index (χ1n) is 11.4. The Labute approximate surface area is 214 Å². The Morgan fingerprint density at radius 1 is 1.28 bits per heavy atom. The highest BCUT2D eigenvalue weighted by molar-refractivity contribution is 6.46. The Morgan fingerprint density at radius 3 is 2.78 bits per heavy atom. The molecule has 0 aliphatic carbocycles. The molecule has 0 spiro atoms. The molecule has 5 rings (SSSR count). The van der Waals surface area contributed by atoms with E-state index in [1.54, 1.807) is 17.3 Å². The highest BCUT2D eigenvalue weighted by Gasteiger charge is 2.32. The zero-order valence-corrected chi connectivity index (χ0v) is 20.4. The van der Waals surface area contributed by atoms with Crippen LogP contribution in [-0.2, 0) is 27.5 Å². The fourth-order valence-electron chi connectivity index (χ4n) is 5.02. The molecule has 1 atom stereocenters. The maximum absolute atomic E-state index is 13.2. The molecule has 2 aliphatic rings. The van der Waals surface area contributed by atoms with Gasteiger partial charge >= 0.3 is 6.43 Å². The second-order valence-corrected chi connectivity index (χ2v) is 9.71. The molecular formula is C23H22Cl2F2N6O3. The van der Waals surface area contributed by atoms with Gasteiger partial charge in [-0.3, -0.25) is 19.5 Å². The first-order chi connectivity index (χ1) is 17.2. The summed E-state index contributed by atoms with van der Waals surface area (Å²) in [7, 11) is 0. The molecule has 4 heterocycles. The molecule has 2 aliphatic heterocycles. The molecule has 1 fully saturated rings. The van der Waals surface area contributed by atoms with Crippen LogP contribution in [0.1, 0.15) is 25.0 Å². The van der Waals surface area contributed by atoms with Gasteiger partial charge in [0.25, 0.3) is 5.91 Å². The molecule has 190 valence electrons. The quantitative estimate of drug-likeness (QED) is 0.458. The largest absolute Gasteiger partial charge is 0.356 e. The molecule has 1 aromatic carbocycles. The predicted octanol–water partition coefficient (Wildman–Crippen LogP) is 3.80. The lowest BCUT2D eigenvalue weighted by molar-refractivity contribution is -0.134. The summed E-state index contributed by atoms with van der Waals surface area (Å²) in [5, 5.41) is 12.5. The van der Waals surface area contributed by atoms with Gasteiger partial charge in [-0.1, -0.05) is 23.2 Å². The summed E-state index contributed by atoms with van der Waals surface area (Å²) in [6.07, 6.45) is 1.31. The number of fused-ring (bicyclic) bond motifs is 3. The number of hydrogen-bond donors (Lipinski definition) is 3. The van der Waals surface area contributed by atoms with Crippen molar-refractivity contribution in [2.75, 3.05) is 18.4 Å². The van der Waals surface area contributed by atoms with Crippen LogP contribution in [0.2, 0.25) is 10.0 Å². The minimum atomic E-state index is -3.22. The van der Waals surface area contributed by atoms with Crippen molar-refractivity contribution < 1.29 is 23.2 Å². The summed E-state index contributed by atoms with van der Waals surface area (Å²) in [5.41, 5.74) is 2.53. The minimum Gasteiger partial charge on any atom is -0.356 e. The Bertz CT molecular complexity index is 1360. The number of nitrogens with zero attached hydrogens (tertiary/aromatic N) is 3. The number of H-pyrrole nitrogens is 1. The summed E-state index contributed by atoms with van der Waals surface area (Å²) in [6.45, 7) is 1.55. The smallest absolute Gasteiger partial charge is 0.315 e. The van der Waals surface area contributed by atoms with Gasteiger partial charge in [0.15, 0.2) is 0 Å². The first kappa shape index (κ1) is 24.5. The van der Waals surface area contributed by atoms with Crippen LogP contribution >= 0.6 is 23.2 Å². The van der Waals surface area contributed by atoms with Crippen molar-refractivity contribution in [2.24, 2.45) is 5.92 Å². The van der Waals surface area contributed by atoms with E-state index >= 15 is 0 Å². The molecule has 9 nitrogen and oxygen atoms in total. The molecular weight excluding hydrogens is 517 g/mol. The van der Waals surface area contributed by atoms with Gasteiger partial charge in [-0.05, 0) is 18.4 Å². The fourth-order valence-corrected chi connectivity index (χ4v) is 5.47. The van der Waals surface area contributed by atoms with Crippen molar-refractivity contribution >= 4 is 57.5 Å². The number of alkyl halides is 2. The number of carbonyl (C=O) groups is 3. The molecule has 3 aromatic rings. The monoisotopic (exact) mass is 538 g/mol. The van der Waals surface area contributed by atoms with Gasteiger partial charge in [0.05, 0.1) is 34.0 Å². The molecule has 3 amide bonds. The Morgan fingerprint density at radius 2 is 2.08 bits per heavy atom. The third-order valence-corrected chi connectivity index (χ3v) is 7.45. The van der Waals surface area contributed by atoms with Crippen LogP contribution in [0, 0.1) is 5.92 Å². The zero-order valence-electron chi connectivity index (χ0n) is 18.9. The van der Waals surface area contributed by atoms with Crippen LogP contribution in [0.15, 0.2) is 18.5 Å². The number of piperidine rings is 1. The number of hydrogen-bond acceptors (Lipinski definition) is 4. The van der Waals surface area contributed by atoms with Crippen LogP contribution in [-0.4, -0.2) is 56.9 Å². The van der Waals surface area contributed by atoms with E-state index in [0.29, 0.717) is 53.8 Å². The highest BCUT2D eigenvalue weighted by Crippen LogP contribution is 2.46. The number of nitrogens with one attached hydrogen (secondary N) is 3. The third-order valence-electron chi connectivity index (χ3n) is 6.67. The van der Waals surface area contributed by atoms with Crippen molar-refractivity contribution in [3.8, 4) is 11.1 Å². The summed E-state index contributed by atoms with van der Waals surface area (Å²) in [6, 6.07) is 1.35. The van der Waals surface area contributed by atoms with Crippen molar-refractivity contribution in [1.29, 1.82) is 0 Å². The van der Waals surface area contributed by atoms with Gasteiger partial charge in [0, 0.05) is 60.9 Å². The maximum Gasteiger partial charge on any atom is 0.315 e. The van der Waals surface area contributed by atoms with Crippen LogP contribution < -0.4 is 10.6 Å². The average Bonchev–Trinajstić information content (AvgIpc) is 3.48. The molecule has 2 aromatic heterocycles. The van der Waals surface area contributed by atoms with E-state index in [4.69, 9.17) is 23.2 Å². The molecule has 0 bridgehead atoms. The molecule has 0 saturated carbocycles. The van der Waals surface area contributed by atoms with Crippen LogP contribution in [0.25, 0.3) is 22.0 Å². The summed E-state index contributed by atoms with van der Waals surface area (Å²) < 4.78 is 28.1. The van der Waals surface area contributed by atoms with E-state index in [9.17, 15) is 23.2 Å². The topological polar surface area (TPSA) is 112 Å². The lowest BCUT2D eigenvalue weighted by atomic mass is 9.93. The number of amides is 3. The normalized spacial score (nSPS) is 17.9. The third kappa shape index (κ3) is 4.41. The number of anilines is 1. The van der Waals surface area contributed by atoms with E-state index in [2.05, 4.69) is 20.8 Å². The number of aromatic amines is 1. The van der Waals surface area contributed by atoms with Gasteiger partial charge in [-0.2, -0.15) is 13.9 Å². The molecule has 3 N–H and O–H groups in total.